The van der Waals surface area contributed by atoms with E-state index in [1.54, 1.807) is 6.07 Å². The molecule has 2 atom stereocenters. The largest absolute Gasteiger partial charge is 0.390 e. The second-order valence-corrected chi connectivity index (χ2v) is 4.61. The molecular weight excluding hydrogens is 244 g/mol. The van der Waals surface area contributed by atoms with Crippen molar-refractivity contribution in [3.8, 4) is 0 Å². The Labute approximate surface area is 111 Å². The Bertz CT molecular complexity index is 565. The SMILES string of the molecule is CC(=O)NCCC(O)C(O)c1ccc2cc[nH]c2c1. The Hall–Kier alpha value is -1.85. The third-order valence-electron chi connectivity index (χ3n) is 3.10. The quantitative estimate of drug-likeness (QED) is 0.650. The van der Waals surface area contributed by atoms with Gasteiger partial charge in [-0.1, -0.05) is 12.1 Å². The maximum atomic E-state index is 10.7. The van der Waals surface area contributed by atoms with Crippen LogP contribution in [0.3, 0.4) is 0 Å². The summed E-state index contributed by atoms with van der Waals surface area (Å²) >= 11 is 0. The summed E-state index contributed by atoms with van der Waals surface area (Å²) in [7, 11) is 0. The third kappa shape index (κ3) is 3.33. The summed E-state index contributed by atoms with van der Waals surface area (Å²) in [5.41, 5.74) is 1.58. The number of fused-ring (bicyclic) bond motifs is 1. The second kappa shape index (κ2) is 5.86. The summed E-state index contributed by atoms with van der Waals surface area (Å²) in [5.74, 6) is -0.144. The molecule has 0 saturated carbocycles. The van der Waals surface area contributed by atoms with Crippen molar-refractivity contribution < 1.29 is 15.0 Å². The molecule has 0 radical (unpaired) electrons. The Kier molecular flexibility index (Phi) is 4.19. The minimum atomic E-state index is -0.957. The molecule has 0 fully saturated rings. The summed E-state index contributed by atoms with van der Waals surface area (Å²) in [5, 5.41) is 23.6. The molecule has 0 aliphatic heterocycles. The van der Waals surface area contributed by atoms with Crippen LogP contribution in [0, 0.1) is 0 Å². The number of aliphatic hydroxyl groups excluding tert-OH is 2. The van der Waals surface area contributed by atoms with Gasteiger partial charge in [-0.05, 0) is 29.5 Å². The molecule has 0 saturated heterocycles. The van der Waals surface area contributed by atoms with Crippen LogP contribution in [0.2, 0.25) is 0 Å². The molecule has 2 rings (SSSR count). The van der Waals surface area contributed by atoms with Gasteiger partial charge in [0.15, 0.2) is 0 Å². The van der Waals surface area contributed by atoms with E-state index in [1.165, 1.54) is 6.92 Å². The van der Waals surface area contributed by atoms with Crippen LogP contribution in [-0.4, -0.2) is 33.8 Å². The van der Waals surface area contributed by atoms with E-state index in [1.807, 2.05) is 24.4 Å². The fraction of sp³-hybridized carbons (Fsp3) is 0.357. The first-order valence-corrected chi connectivity index (χ1v) is 6.25. The van der Waals surface area contributed by atoms with Gasteiger partial charge in [-0.25, -0.2) is 0 Å². The predicted molar refractivity (Wildman–Crippen MR) is 72.6 cm³/mol. The number of benzene rings is 1. The zero-order valence-corrected chi connectivity index (χ0v) is 10.8. The molecule has 5 nitrogen and oxygen atoms in total. The number of amides is 1. The highest BCUT2D eigenvalue weighted by Gasteiger charge is 2.18. The Morgan fingerprint density at radius 2 is 2.16 bits per heavy atom. The van der Waals surface area contributed by atoms with E-state index < -0.39 is 12.2 Å². The van der Waals surface area contributed by atoms with Crippen molar-refractivity contribution in [2.75, 3.05) is 6.54 Å². The van der Waals surface area contributed by atoms with Crippen LogP contribution in [0.1, 0.15) is 25.0 Å². The number of rotatable bonds is 5. The first-order chi connectivity index (χ1) is 9.08. The van der Waals surface area contributed by atoms with Gasteiger partial charge in [0.05, 0.1) is 6.10 Å². The van der Waals surface area contributed by atoms with Gasteiger partial charge < -0.3 is 20.5 Å². The summed E-state index contributed by atoms with van der Waals surface area (Å²) in [6.07, 6.45) is 0.276. The number of aliphatic hydroxyl groups is 2. The Morgan fingerprint density at radius 1 is 1.37 bits per heavy atom. The van der Waals surface area contributed by atoms with Crippen LogP contribution < -0.4 is 5.32 Å². The third-order valence-corrected chi connectivity index (χ3v) is 3.10. The lowest BCUT2D eigenvalue weighted by molar-refractivity contribution is -0.119. The molecule has 1 amide bonds. The number of carbonyl (C=O) groups excluding carboxylic acids is 1. The molecule has 0 bridgehead atoms. The van der Waals surface area contributed by atoms with Gasteiger partial charge in [0, 0.05) is 25.2 Å². The van der Waals surface area contributed by atoms with Crippen molar-refractivity contribution in [3.63, 3.8) is 0 Å². The number of hydrogen-bond acceptors (Lipinski definition) is 3. The van der Waals surface area contributed by atoms with Crippen molar-refractivity contribution in [1.29, 1.82) is 0 Å². The van der Waals surface area contributed by atoms with E-state index in [2.05, 4.69) is 10.3 Å². The second-order valence-electron chi connectivity index (χ2n) is 4.61. The topological polar surface area (TPSA) is 85.3 Å². The van der Waals surface area contributed by atoms with Gasteiger partial charge in [-0.2, -0.15) is 0 Å². The first-order valence-electron chi connectivity index (χ1n) is 6.25. The lowest BCUT2D eigenvalue weighted by atomic mass is 10.0. The van der Waals surface area contributed by atoms with Gasteiger partial charge in [-0.15, -0.1) is 0 Å². The Morgan fingerprint density at radius 3 is 2.89 bits per heavy atom. The molecular formula is C14H18N2O3. The molecule has 2 aromatic rings. The fourth-order valence-corrected chi connectivity index (χ4v) is 2.03. The zero-order chi connectivity index (χ0) is 13.8. The molecule has 102 valence electrons. The number of carbonyl (C=O) groups is 1. The summed E-state index contributed by atoms with van der Waals surface area (Å²) < 4.78 is 0. The van der Waals surface area contributed by atoms with Crippen LogP contribution in [0.25, 0.3) is 10.9 Å². The summed E-state index contributed by atoms with van der Waals surface area (Å²) in [6, 6.07) is 7.45. The van der Waals surface area contributed by atoms with E-state index in [9.17, 15) is 15.0 Å². The monoisotopic (exact) mass is 262 g/mol. The van der Waals surface area contributed by atoms with Gasteiger partial charge in [0.1, 0.15) is 6.10 Å². The standard InChI is InChI=1S/C14H18N2O3/c1-9(17)15-7-5-13(18)14(19)11-3-2-10-4-6-16-12(10)8-11/h2-4,6,8,13-14,16,18-19H,5,7H2,1H3,(H,15,17). The lowest BCUT2D eigenvalue weighted by Crippen LogP contribution is -2.27. The number of hydrogen-bond donors (Lipinski definition) is 4. The van der Waals surface area contributed by atoms with Gasteiger partial charge in [0.2, 0.25) is 5.91 Å². The lowest BCUT2D eigenvalue weighted by Gasteiger charge is -2.18. The molecule has 5 heteroatoms. The average Bonchev–Trinajstić information content (AvgIpc) is 2.84. The molecule has 2 unspecified atom stereocenters. The molecule has 0 aliphatic carbocycles. The van der Waals surface area contributed by atoms with E-state index in [0.717, 1.165) is 10.9 Å². The van der Waals surface area contributed by atoms with Crippen LogP contribution in [-0.2, 0) is 4.79 Å². The van der Waals surface area contributed by atoms with E-state index >= 15 is 0 Å². The summed E-state index contributed by atoms with van der Waals surface area (Å²) in [6.45, 7) is 1.76. The van der Waals surface area contributed by atoms with Crippen LogP contribution >= 0.6 is 0 Å². The number of aromatic amines is 1. The molecule has 0 aliphatic rings. The van der Waals surface area contributed by atoms with E-state index in [-0.39, 0.29) is 5.91 Å². The summed E-state index contributed by atoms with van der Waals surface area (Å²) in [4.78, 5) is 13.8. The maximum Gasteiger partial charge on any atom is 0.216 e. The van der Waals surface area contributed by atoms with E-state index in [0.29, 0.717) is 18.5 Å². The average molecular weight is 262 g/mol. The maximum absolute atomic E-state index is 10.7. The molecule has 19 heavy (non-hydrogen) atoms. The van der Waals surface area contributed by atoms with Crippen molar-refractivity contribution >= 4 is 16.8 Å². The smallest absolute Gasteiger partial charge is 0.216 e. The minimum absolute atomic E-state index is 0.144. The van der Waals surface area contributed by atoms with Gasteiger partial charge >= 0.3 is 0 Å². The number of aromatic nitrogens is 1. The fourth-order valence-electron chi connectivity index (χ4n) is 2.03. The van der Waals surface area contributed by atoms with Gasteiger partial charge in [0.25, 0.3) is 0 Å². The minimum Gasteiger partial charge on any atom is -0.390 e. The molecule has 4 N–H and O–H groups in total. The molecule has 1 heterocycles. The number of nitrogens with one attached hydrogen (secondary N) is 2. The highest BCUT2D eigenvalue weighted by atomic mass is 16.3. The van der Waals surface area contributed by atoms with Gasteiger partial charge in [-0.3, -0.25) is 4.79 Å². The van der Waals surface area contributed by atoms with Crippen molar-refractivity contribution in [3.05, 3.63) is 36.0 Å². The van der Waals surface area contributed by atoms with Crippen LogP contribution in [0.15, 0.2) is 30.5 Å². The van der Waals surface area contributed by atoms with Crippen LogP contribution in [0.5, 0.6) is 0 Å². The highest BCUT2D eigenvalue weighted by molar-refractivity contribution is 5.79. The molecule has 1 aromatic carbocycles. The molecule has 0 spiro atoms. The van der Waals surface area contributed by atoms with Crippen molar-refractivity contribution in [2.45, 2.75) is 25.6 Å². The zero-order valence-electron chi connectivity index (χ0n) is 10.8. The Balaban J connectivity index is 2.01. The number of H-pyrrole nitrogens is 1. The van der Waals surface area contributed by atoms with Crippen LogP contribution in [0.4, 0.5) is 0 Å². The molecule has 1 aromatic heterocycles. The highest BCUT2D eigenvalue weighted by Crippen LogP contribution is 2.22. The van der Waals surface area contributed by atoms with E-state index in [4.69, 9.17) is 0 Å². The first kappa shape index (κ1) is 13.6. The van der Waals surface area contributed by atoms with Crippen molar-refractivity contribution in [2.24, 2.45) is 0 Å². The van der Waals surface area contributed by atoms with Crippen molar-refractivity contribution in [1.82, 2.24) is 10.3 Å². The normalized spacial score (nSPS) is 14.3. The predicted octanol–water partition coefficient (Wildman–Crippen LogP) is 1.09.